The van der Waals surface area contributed by atoms with Crippen molar-refractivity contribution in [2.24, 2.45) is 11.8 Å². The fourth-order valence-corrected chi connectivity index (χ4v) is 4.73. The van der Waals surface area contributed by atoms with Crippen LogP contribution in [0.15, 0.2) is 47.1 Å². The summed E-state index contributed by atoms with van der Waals surface area (Å²) in [5, 5.41) is 18.4. The van der Waals surface area contributed by atoms with Gasteiger partial charge in [-0.05, 0) is 44.9 Å². The molecule has 1 saturated carbocycles. The number of ether oxygens (including phenoxy) is 1. The van der Waals surface area contributed by atoms with Gasteiger partial charge in [0, 0.05) is 5.56 Å². The Hall–Kier alpha value is -4.42. The van der Waals surface area contributed by atoms with Crippen LogP contribution in [0.1, 0.15) is 55.5 Å². The Labute approximate surface area is 226 Å². The molecule has 2 unspecified atom stereocenters. The van der Waals surface area contributed by atoms with Crippen LogP contribution in [-0.4, -0.2) is 33.2 Å². The van der Waals surface area contributed by atoms with E-state index in [1.807, 2.05) is 0 Å². The molecule has 0 radical (unpaired) electrons. The quantitative estimate of drug-likeness (QED) is 0.310. The van der Waals surface area contributed by atoms with E-state index < -0.39 is 47.6 Å². The number of carbonyl (C=O) groups excluding carboxylic acids is 2. The first-order valence-corrected chi connectivity index (χ1v) is 12.6. The lowest BCUT2D eigenvalue weighted by Crippen LogP contribution is -2.36. The molecule has 2 heterocycles. The number of amides is 2. The van der Waals surface area contributed by atoms with Crippen LogP contribution in [0.2, 0.25) is 0 Å². The average Bonchev–Trinajstić information content (AvgIpc) is 3.28. The van der Waals surface area contributed by atoms with Crippen LogP contribution in [0.25, 0.3) is 11.5 Å². The maximum Gasteiger partial charge on any atom is 0.416 e. The van der Waals surface area contributed by atoms with E-state index in [-0.39, 0.29) is 28.4 Å². The van der Waals surface area contributed by atoms with Gasteiger partial charge in [-0.15, -0.1) is 0 Å². The van der Waals surface area contributed by atoms with Crippen molar-refractivity contribution < 1.29 is 41.9 Å². The lowest BCUT2D eigenvalue weighted by Gasteiger charge is -2.27. The molecule has 0 bridgehead atoms. The van der Waals surface area contributed by atoms with Gasteiger partial charge in [0.25, 0.3) is 0 Å². The number of rotatable bonds is 7. The Morgan fingerprint density at radius 3 is 2.42 bits per heavy atom. The number of hydrogen-bond acceptors (Lipinski definition) is 7. The highest BCUT2D eigenvalue weighted by molar-refractivity contribution is 5.95. The van der Waals surface area contributed by atoms with E-state index in [4.69, 9.17) is 9.26 Å². The largest absolute Gasteiger partial charge is 0.481 e. The maximum atomic E-state index is 13.4. The lowest BCUT2D eigenvalue weighted by molar-refractivity contribution is -0.147. The number of carboxylic acids is 1. The number of halogens is 3. The molecule has 2 amide bonds. The van der Waals surface area contributed by atoms with Gasteiger partial charge in [0.2, 0.25) is 11.7 Å². The standard InChI is InChI=1S/C27H27F3N4O6/c1-14-22(33-26(38)39-15(2)17-7-5-6-10-20(17)27(28,29)30)23(40-34-14)21-12-11-16(13-31-21)32-24(35)18-8-3-4-9-19(18)25(36)37/h5-7,10-13,15,18-19H,3-4,8-9H2,1-2H3,(H,32,35)(H,33,38)(H,36,37)/t15-,18?,19?/m1/s1. The minimum absolute atomic E-state index is 0.0638. The summed E-state index contributed by atoms with van der Waals surface area (Å²) in [6.45, 7) is 2.87. The second kappa shape index (κ2) is 11.8. The zero-order valence-electron chi connectivity index (χ0n) is 21.6. The third-order valence-corrected chi connectivity index (χ3v) is 6.76. The van der Waals surface area contributed by atoms with Crippen molar-refractivity contribution in [3.63, 3.8) is 0 Å². The molecule has 2 aromatic heterocycles. The number of nitrogens with zero attached hydrogens (tertiary/aromatic N) is 2. The molecule has 0 aliphatic heterocycles. The lowest BCUT2D eigenvalue weighted by atomic mass is 9.78. The van der Waals surface area contributed by atoms with E-state index in [0.717, 1.165) is 18.9 Å². The molecule has 1 aliphatic rings. The zero-order valence-corrected chi connectivity index (χ0v) is 21.6. The Kier molecular flexibility index (Phi) is 8.40. The third kappa shape index (κ3) is 6.41. The first kappa shape index (κ1) is 28.6. The van der Waals surface area contributed by atoms with Crippen LogP contribution < -0.4 is 10.6 Å². The molecule has 1 fully saturated rings. The van der Waals surface area contributed by atoms with Gasteiger partial charge < -0.3 is 19.7 Å². The minimum atomic E-state index is -4.62. The summed E-state index contributed by atoms with van der Waals surface area (Å²) in [4.78, 5) is 41.1. The Balaban J connectivity index is 1.44. The van der Waals surface area contributed by atoms with Crippen LogP contribution in [0.4, 0.5) is 29.3 Å². The van der Waals surface area contributed by atoms with Gasteiger partial charge in [0.05, 0.1) is 29.3 Å². The molecule has 3 N–H and O–H groups in total. The van der Waals surface area contributed by atoms with Crippen molar-refractivity contribution in [3.05, 3.63) is 59.4 Å². The molecule has 1 aromatic carbocycles. The number of aliphatic carboxylic acids is 1. The van der Waals surface area contributed by atoms with Crippen molar-refractivity contribution in [1.29, 1.82) is 0 Å². The van der Waals surface area contributed by atoms with Crippen LogP contribution in [0.5, 0.6) is 0 Å². The molecule has 3 aromatic rings. The topological polar surface area (TPSA) is 144 Å². The fraction of sp³-hybridized carbons (Fsp3) is 0.370. The molecule has 212 valence electrons. The fourth-order valence-electron chi connectivity index (χ4n) is 4.73. The number of carbonyl (C=O) groups is 3. The molecule has 13 heteroatoms. The highest BCUT2D eigenvalue weighted by Crippen LogP contribution is 2.36. The van der Waals surface area contributed by atoms with E-state index in [9.17, 15) is 32.7 Å². The molecule has 10 nitrogen and oxygen atoms in total. The molecule has 0 saturated heterocycles. The Morgan fingerprint density at radius 2 is 1.77 bits per heavy atom. The van der Waals surface area contributed by atoms with E-state index in [1.165, 1.54) is 43.5 Å². The smallest absolute Gasteiger partial charge is 0.416 e. The van der Waals surface area contributed by atoms with Crippen LogP contribution in [0, 0.1) is 18.8 Å². The number of hydrogen-bond donors (Lipinski definition) is 3. The van der Waals surface area contributed by atoms with E-state index in [2.05, 4.69) is 20.8 Å². The van der Waals surface area contributed by atoms with Crippen LogP contribution in [-0.2, 0) is 20.5 Å². The number of aryl methyl sites for hydroxylation is 1. The van der Waals surface area contributed by atoms with Gasteiger partial charge >= 0.3 is 18.2 Å². The predicted octanol–water partition coefficient (Wildman–Crippen LogP) is 6.20. The number of aromatic nitrogens is 2. The van der Waals surface area contributed by atoms with Gasteiger partial charge in [-0.25, -0.2) is 4.79 Å². The SMILES string of the molecule is Cc1noc(-c2ccc(NC(=O)C3CCCCC3C(=O)O)cn2)c1NC(=O)O[C@H](C)c1ccccc1C(F)(F)F. The van der Waals surface area contributed by atoms with E-state index in [1.54, 1.807) is 6.92 Å². The second-order valence-electron chi connectivity index (χ2n) is 9.49. The predicted molar refractivity (Wildman–Crippen MR) is 136 cm³/mol. The first-order valence-electron chi connectivity index (χ1n) is 12.6. The van der Waals surface area contributed by atoms with Crippen molar-refractivity contribution >= 4 is 29.3 Å². The van der Waals surface area contributed by atoms with Gasteiger partial charge in [-0.3, -0.25) is 19.9 Å². The van der Waals surface area contributed by atoms with Gasteiger partial charge in [0.1, 0.15) is 23.2 Å². The molecule has 40 heavy (non-hydrogen) atoms. The molecule has 0 spiro atoms. The normalized spacial score (nSPS) is 18.0. The second-order valence-corrected chi connectivity index (χ2v) is 9.49. The molecule has 1 aliphatic carbocycles. The highest BCUT2D eigenvalue weighted by atomic mass is 19.4. The molecular formula is C27H27F3N4O6. The molecule has 3 atom stereocenters. The van der Waals surface area contributed by atoms with Crippen molar-refractivity contribution in [2.75, 3.05) is 10.6 Å². The molecule has 4 rings (SSSR count). The summed E-state index contributed by atoms with van der Waals surface area (Å²) in [6, 6.07) is 7.85. The number of alkyl halides is 3. The Morgan fingerprint density at radius 1 is 1.07 bits per heavy atom. The number of nitrogens with one attached hydrogen (secondary N) is 2. The highest BCUT2D eigenvalue weighted by Gasteiger charge is 2.36. The third-order valence-electron chi connectivity index (χ3n) is 6.76. The summed E-state index contributed by atoms with van der Waals surface area (Å²) in [5.41, 5.74) is -0.148. The van der Waals surface area contributed by atoms with E-state index in [0.29, 0.717) is 18.5 Å². The summed E-state index contributed by atoms with van der Waals surface area (Å²) in [5.74, 6) is -2.71. The Bertz CT molecular complexity index is 1390. The minimum Gasteiger partial charge on any atom is -0.481 e. The first-order chi connectivity index (χ1) is 19.0. The number of carboxylic acid groups (broad SMARTS) is 1. The van der Waals surface area contributed by atoms with Gasteiger partial charge in [-0.1, -0.05) is 36.2 Å². The number of anilines is 2. The monoisotopic (exact) mass is 560 g/mol. The zero-order chi connectivity index (χ0) is 29.0. The summed E-state index contributed by atoms with van der Waals surface area (Å²) >= 11 is 0. The average molecular weight is 561 g/mol. The molecular weight excluding hydrogens is 533 g/mol. The summed E-state index contributed by atoms with van der Waals surface area (Å²) in [7, 11) is 0. The van der Waals surface area contributed by atoms with Crippen molar-refractivity contribution in [1.82, 2.24) is 10.1 Å². The van der Waals surface area contributed by atoms with E-state index >= 15 is 0 Å². The summed E-state index contributed by atoms with van der Waals surface area (Å²) < 4.78 is 50.6. The van der Waals surface area contributed by atoms with Gasteiger partial charge in [-0.2, -0.15) is 13.2 Å². The number of pyridine rings is 1. The van der Waals surface area contributed by atoms with Gasteiger partial charge in [0.15, 0.2) is 0 Å². The number of benzene rings is 1. The van der Waals surface area contributed by atoms with Crippen LogP contribution >= 0.6 is 0 Å². The summed E-state index contributed by atoms with van der Waals surface area (Å²) in [6.07, 6.45) is -3.05. The van der Waals surface area contributed by atoms with Crippen molar-refractivity contribution in [3.8, 4) is 11.5 Å². The maximum absolute atomic E-state index is 13.4. The van der Waals surface area contributed by atoms with Crippen LogP contribution in [0.3, 0.4) is 0 Å². The van der Waals surface area contributed by atoms with Crippen molar-refractivity contribution in [2.45, 2.75) is 51.8 Å².